The van der Waals surface area contributed by atoms with Crippen LogP contribution in [0.25, 0.3) is 76.7 Å². The van der Waals surface area contributed by atoms with Gasteiger partial charge in [-0.3, -0.25) is 9.97 Å². The minimum absolute atomic E-state index is 0.0760. The van der Waals surface area contributed by atoms with Gasteiger partial charge >= 0.3 is 25.5 Å². The van der Waals surface area contributed by atoms with Crippen LogP contribution in [0.5, 0.6) is 34.9 Å². The molecule has 0 atom stereocenters. The number of benzene rings is 7. The summed E-state index contributed by atoms with van der Waals surface area (Å²) in [6.07, 6.45) is 22.4. The Morgan fingerprint density at radius 3 is 1.14 bits per heavy atom. The minimum Gasteiger partial charge on any atom is -0.537 e. The summed E-state index contributed by atoms with van der Waals surface area (Å²) in [6.45, 7) is 0. The number of pyridine rings is 7. The number of aromatic nitrogens is 15. The maximum Gasteiger partial charge on any atom is 0.569 e. The fourth-order valence-electron chi connectivity index (χ4n) is 12.5. The number of ether oxygens (including phenoxy) is 3. The van der Waals surface area contributed by atoms with Crippen LogP contribution in [0.3, 0.4) is 0 Å². The van der Waals surface area contributed by atoms with Crippen LogP contribution in [0.4, 0.5) is 27.8 Å². The van der Waals surface area contributed by atoms with Gasteiger partial charge in [0.2, 0.25) is 46.6 Å². The van der Waals surface area contributed by atoms with Gasteiger partial charge in [-0.15, -0.1) is 0 Å². The van der Waals surface area contributed by atoms with Gasteiger partial charge < -0.3 is 43.5 Å². The van der Waals surface area contributed by atoms with Crippen molar-refractivity contribution in [2.45, 2.75) is 36.8 Å². The minimum atomic E-state index is -4.91. The number of anilines is 1. The number of nitrogen functional groups attached to an aromatic ring is 1. The first kappa shape index (κ1) is 102. The lowest BCUT2D eigenvalue weighted by Gasteiger charge is -2.12. The highest BCUT2D eigenvalue weighted by molar-refractivity contribution is 7.91. The molecule has 47 heteroatoms. The second kappa shape index (κ2) is 47.6. The number of halogens is 9. The van der Waals surface area contributed by atoms with E-state index in [0.29, 0.717) is 98.7 Å². The number of methoxy groups -OCH3 is 3. The Kier molecular flexibility index (Phi) is 35.2. The molecule has 0 saturated heterocycles. The molecular weight excluding hydrogens is 1960 g/mol. The Morgan fingerprint density at radius 2 is 0.732 bits per heavy atom. The molecule has 138 heavy (non-hydrogen) atoms. The van der Waals surface area contributed by atoms with Crippen LogP contribution in [0.1, 0.15) is 17.1 Å². The molecule has 0 bridgehead atoms. The third-order valence-electron chi connectivity index (χ3n) is 18.9. The van der Waals surface area contributed by atoms with E-state index in [2.05, 4.69) is 88.3 Å². The van der Waals surface area contributed by atoms with Crippen molar-refractivity contribution in [3.05, 3.63) is 360 Å². The molecule has 700 valence electrons. The van der Waals surface area contributed by atoms with Gasteiger partial charge in [0.15, 0.2) is 35.3 Å². The molecule has 0 spiro atoms. The molecule has 0 fully saturated rings. The lowest BCUT2D eigenvalue weighted by atomic mass is 10.0. The molecule has 7 aromatic carbocycles. The fourth-order valence-corrected chi connectivity index (χ4v) is 18.1. The van der Waals surface area contributed by atoms with Crippen molar-refractivity contribution in [1.82, 2.24) is 74.8 Å². The Hall–Kier alpha value is -14.8. The van der Waals surface area contributed by atoms with Gasteiger partial charge in [-0.25, -0.2) is 103 Å². The molecule has 4 N–H and O–H groups in total. The first-order valence-corrected chi connectivity index (χ1v) is 47.3. The maximum absolute atomic E-state index is 13.6. The van der Waals surface area contributed by atoms with Crippen LogP contribution in [0, 0.1) is 29.1 Å². The van der Waals surface area contributed by atoms with E-state index in [9.17, 15) is 55.6 Å². The van der Waals surface area contributed by atoms with Crippen LogP contribution in [-0.2, 0) is 56.9 Å². The van der Waals surface area contributed by atoms with Gasteiger partial charge in [0.1, 0.15) is 46.3 Å². The van der Waals surface area contributed by atoms with Gasteiger partial charge in [0.05, 0.1) is 109 Å². The number of rotatable bonds is 22. The smallest absolute Gasteiger partial charge is 0.537 e. The molecule has 0 aliphatic rings. The van der Waals surface area contributed by atoms with Crippen LogP contribution >= 0.6 is 46.4 Å². The van der Waals surface area contributed by atoms with Crippen molar-refractivity contribution in [1.29, 1.82) is 0 Å². The fraction of sp³-hybridized carbons (Fsp3) is 0.0659. The predicted octanol–water partition coefficient (Wildman–Crippen LogP) is 16.8. The van der Waals surface area contributed by atoms with E-state index in [4.69, 9.17) is 76.4 Å². The second-order valence-electron chi connectivity index (χ2n) is 27.8. The second-order valence-corrected chi connectivity index (χ2v) is 36.9. The summed E-state index contributed by atoms with van der Waals surface area (Å²) < 4.78 is 197. The topological polar surface area (TPSA) is 452 Å². The zero-order chi connectivity index (χ0) is 98.7. The SMILES string of the molecule is COc1ncc(-c2ccccc2)cc1-c1nccc2cc(S(=O)(=O)Cc3ccncn3)ccc12.COc1ncc(Cl)cc1-c1nccc2cc(S(=O)(=O)Cc3ccncn3)ccc12.COc1ncc(Cl)cc1O[B]O.Nc1ccncn1.O=S(=O)(Cc1ccncn1)c1ccc2c(Cl)nccc2c1.O=S(=O)(Oc1c(F)c(F)c(F)c(F)c1F)c1ccc2c(Cl)nccc2c1.O[B]Oc1ccccc1. The number of nitrogens with zero attached hydrogens (tertiary/aromatic N) is 15. The van der Waals surface area contributed by atoms with Crippen molar-refractivity contribution < 1.29 is 93.4 Å². The highest BCUT2D eigenvalue weighted by atomic mass is 35.5. The van der Waals surface area contributed by atoms with Crippen molar-refractivity contribution >= 4 is 150 Å². The molecular formula is C91H67B2Cl4F5N16O16S4. The number of hydrogen-bond donors (Lipinski definition) is 3. The Morgan fingerprint density at radius 1 is 0.355 bits per heavy atom. The van der Waals surface area contributed by atoms with Crippen molar-refractivity contribution in [2.75, 3.05) is 27.1 Å². The van der Waals surface area contributed by atoms with E-state index < -0.39 is 79.4 Å². The Bertz CT molecular complexity index is 7810. The quantitative estimate of drug-likeness (QED) is 0.0142. The average molecular weight is 2030 g/mol. The first-order chi connectivity index (χ1) is 66.3. The summed E-state index contributed by atoms with van der Waals surface area (Å²) in [5.74, 6) is -11.9. The normalized spacial score (nSPS) is 11.0. The molecule has 11 aromatic heterocycles. The van der Waals surface area contributed by atoms with Gasteiger partial charge in [0, 0.05) is 101 Å². The predicted molar refractivity (Wildman–Crippen MR) is 506 cm³/mol. The number of sulfone groups is 3. The Balaban J connectivity index is 0.000000152. The summed E-state index contributed by atoms with van der Waals surface area (Å²) in [7, 11) is -9.81. The molecule has 32 nitrogen and oxygen atoms in total. The molecule has 18 rings (SSSR count). The standard InChI is InChI=1S/C26H20N4O3S.C20H15ClN4O3S.C15H5ClF5NO3S.C14H10ClN3O2S.C6H6BClNO3.C6H6BO2.C4H5N3/c1-33-26-24(14-20(15-29-26)18-5-3-2-4-6-18)25-23-8-7-22(13-19(23)9-12-28-25)34(31,32)16-21-10-11-27-17-30-21;1-28-20-18(9-14(21)10-24-20)19-17-3-2-16(8-13(17)4-7-23-19)29(26,27)11-15-5-6-22-12-25-15;16-15-8-2-1-7(5-6(8)3-4-22-15)26(23,24)25-14-12(20)10(18)9(17)11(19)13(14)21;15-14-13-2-1-12(7-10(13)3-6-17-14)21(19,20)8-11-4-5-16-9-18-11;1-11-6-5(12-7-10)2-4(8)3-9-6;8-7-9-6-4-2-1-3-5-6;5-4-1-2-6-3-7-4/h2-15,17H,16H2,1H3;2-10,12H,11H2,1H3;1-5H;1-7,9H,8H2;2-3,10H,1H3;1-5,8H;1-3H,(H2,5,6,7). The summed E-state index contributed by atoms with van der Waals surface area (Å²) in [5, 5.41) is 23.0. The third kappa shape index (κ3) is 26.7. The van der Waals surface area contributed by atoms with Crippen LogP contribution in [-0.4, -0.2) is 155 Å². The molecule has 11 heterocycles. The summed E-state index contributed by atoms with van der Waals surface area (Å²) >= 11 is 23.5. The van der Waals surface area contributed by atoms with Gasteiger partial charge in [-0.05, 0) is 161 Å². The van der Waals surface area contributed by atoms with Crippen LogP contribution in [0.2, 0.25) is 20.4 Å². The molecule has 0 saturated carbocycles. The molecule has 0 aliphatic heterocycles. The number of para-hydroxylation sites is 1. The van der Waals surface area contributed by atoms with Gasteiger partial charge in [0.25, 0.3) is 5.88 Å². The average Bonchev–Trinajstić information content (AvgIpc) is 0.767. The van der Waals surface area contributed by atoms with Crippen LogP contribution in [0.15, 0.2) is 313 Å². The zero-order valence-electron chi connectivity index (χ0n) is 71.4. The zero-order valence-corrected chi connectivity index (χ0v) is 77.7. The lowest BCUT2D eigenvalue weighted by molar-refractivity contribution is 0.346. The molecule has 2 radical (unpaired) electrons. The highest BCUT2D eigenvalue weighted by Gasteiger charge is 2.32. The van der Waals surface area contributed by atoms with Gasteiger partial charge in [-0.1, -0.05) is 107 Å². The maximum atomic E-state index is 13.6. The molecule has 0 unspecified atom stereocenters. The molecule has 0 aliphatic carbocycles. The summed E-state index contributed by atoms with van der Waals surface area (Å²) in [5.41, 5.74) is 11.1. The summed E-state index contributed by atoms with van der Waals surface area (Å²) in [6, 6.07) is 55.3. The van der Waals surface area contributed by atoms with Gasteiger partial charge in [-0.2, -0.15) is 17.2 Å². The van der Waals surface area contributed by atoms with E-state index >= 15 is 0 Å². The van der Waals surface area contributed by atoms with Crippen molar-refractivity contribution in [3.63, 3.8) is 0 Å². The number of nitrogens with two attached hydrogens (primary N) is 1. The summed E-state index contributed by atoms with van der Waals surface area (Å²) in [4.78, 5) is 60.0. The lowest BCUT2D eigenvalue weighted by Crippen LogP contribution is -2.14. The molecule has 0 amide bonds. The first-order valence-electron chi connectivity index (χ1n) is 39.4. The number of fused-ring (bicyclic) bond motifs is 4. The van der Waals surface area contributed by atoms with E-state index in [0.717, 1.165) is 61.1 Å². The van der Waals surface area contributed by atoms with E-state index in [-0.39, 0.29) is 48.7 Å². The van der Waals surface area contributed by atoms with Crippen LogP contribution < -0.4 is 33.4 Å². The Labute approximate surface area is 805 Å². The van der Waals surface area contributed by atoms with Crippen molar-refractivity contribution in [3.8, 4) is 68.5 Å². The highest BCUT2D eigenvalue weighted by Crippen LogP contribution is 2.40. The number of hydrogen-bond acceptors (Lipinski definition) is 32. The monoisotopic (exact) mass is 2020 g/mol. The van der Waals surface area contributed by atoms with E-state index in [1.165, 1.54) is 101 Å². The van der Waals surface area contributed by atoms with E-state index in [1.54, 1.807) is 147 Å². The van der Waals surface area contributed by atoms with Crippen molar-refractivity contribution in [2.24, 2.45) is 0 Å². The largest absolute Gasteiger partial charge is 0.569 e. The molecule has 18 aromatic rings. The third-order valence-corrected chi connectivity index (χ3v) is 26.1. The van der Waals surface area contributed by atoms with E-state index in [1.807, 2.05) is 54.6 Å².